The van der Waals surface area contributed by atoms with Crippen LogP contribution >= 0.6 is 0 Å². The molecule has 0 fully saturated rings. The third kappa shape index (κ3) is 5.94. The molecule has 3 rings (SSSR count). The van der Waals surface area contributed by atoms with Crippen molar-refractivity contribution in [2.75, 3.05) is 18.5 Å². The van der Waals surface area contributed by atoms with E-state index >= 15 is 0 Å². The normalized spacial score (nSPS) is 11.0. The number of amides is 2. The number of rotatable bonds is 7. The Bertz CT molecular complexity index is 1070. The van der Waals surface area contributed by atoms with Crippen LogP contribution in [0.25, 0.3) is 0 Å². The van der Waals surface area contributed by atoms with Crippen molar-refractivity contribution >= 4 is 17.5 Å². The van der Waals surface area contributed by atoms with Gasteiger partial charge in [0.15, 0.2) is 0 Å². The average molecular weight is 432 g/mol. The maximum atomic E-state index is 12.8. The second kappa shape index (κ2) is 10.1. The molecule has 0 aliphatic rings. The van der Waals surface area contributed by atoms with Gasteiger partial charge < -0.3 is 15.4 Å². The van der Waals surface area contributed by atoms with E-state index < -0.39 is 0 Å². The molecule has 2 N–H and O–H groups in total. The fraction of sp³-hybridized carbons (Fsp3) is 0.269. The fourth-order valence-corrected chi connectivity index (χ4v) is 3.19. The molecule has 0 spiro atoms. The smallest absolute Gasteiger partial charge is 0.255 e. The molecule has 0 unspecified atom stereocenters. The molecule has 32 heavy (non-hydrogen) atoms. The van der Waals surface area contributed by atoms with Crippen LogP contribution in [0, 0.1) is 6.92 Å². The number of para-hydroxylation sites is 1. The highest BCUT2D eigenvalue weighted by molar-refractivity contribution is 6.09. The highest BCUT2D eigenvalue weighted by Crippen LogP contribution is 2.24. The fourth-order valence-electron chi connectivity index (χ4n) is 3.19. The van der Waals surface area contributed by atoms with E-state index in [0.29, 0.717) is 30.0 Å². The molecule has 3 aromatic rings. The quantitative estimate of drug-likeness (QED) is 0.529. The number of hydrogen-bond acceptors (Lipinski definition) is 4. The molecule has 0 atom stereocenters. The second-order valence-electron chi connectivity index (χ2n) is 8.57. The molecular weight excluding hydrogens is 402 g/mol. The first kappa shape index (κ1) is 23.0. The summed E-state index contributed by atoms with van der Waals surface area (Å²) >= 11 is 0. The SMILES string of the molecule is Cc1cccc(C(=O)NCCOc2ccc(C(C)(C)C)cc2)c1NC(=O)c1ccncc1. The number of ether oxygens (including phenoxy) is 1. The van der Waals surface area contributed by atoms with Gasteiger partial charge in [0.1, 0.15) is 12.4 Å². The molecule has 0 saturated carbocycles. The summed E-state index contributed by atoms with van der Waals surface area (Å²) in [5.41, 5.74) is 3.49. The highest BCUT2D eigenvalue weighted by Gasteiger charge is 2.16. The molecule has 0 aliphatic heterocycles. The minimum Gasteiger partial charge on any atom is -0.492 e. The topological polar surface area (TPSA) is 80.3 Å². The summed E-state index contributed by atoms with van der Waals surface area (Å²) in [4.78, 5) is 29.2. The van der Waals surface area contributed by atoms with Crippen LogP contribution in [-0.2, 0) is 5.41 Å². The Hall–Kier alpha value is -3.67. The average Bonchev–Trinajstić information content (AvgIpc) is 2.78. The van der Waals surface area contributed by atoms with Crippen molar-refractivity contribution in [3.63, 3.8) is 0 Å². The van der Waals surface area contributed by atoms with Crippen molar-refractivity contribution in [1.82, 2.24) is 10.3 Å². The number of carbonyl (C=O) groups excluding carboxylic acids is 2. The van der Waals surface area contributed by atoms with Crippen LogP contribution in [0.1, 0.15) is 52.6 Å². The molecule has 0 aliphatic carbocycles. The lowest BCUT2D eigenvalue weighted by Crippen LogP contribution is -2.29. The molecular formula is C26H29N3O3. The standard InChI is InChI=1S/C26H29N3O3/c1-18-6-5-7-22(23(18)29-24(30)19-12-14-27-15-13-19)25(31)28-16-17-32-21-10-8-20(9-11-21)26(2,3)4/h5-15H,16-17H2,1-4H3,(H,28,31)(H,29,30). The third-order valence-corrected chi connectivity index (χ3v) is 5.08. The van der Waals surface area contributed by atoms with Crippen molar-refractivity contribution in [1.29, 1.82) is 0 Å². The minimum atomic E-state index is -0.294. The molecule has 0 radical (unpaired) electrons. The Balaban J connectivity index is 1.58. The monoisotopic (exact) mass is 431 g/mol. The van der Waals surface area contributed by atoms with Crippen LogP contribution in [0.15, 0.2) is 67.0 Å². The summed E-state index contributed by atoms with van der Waals surface area (Å²) < 4.78 is 5.75. The predicted molar refractivity (Wildman–Crippen MR) is 126 cm³/mol. The van der Waals surface area contributed by atoms with Gasteiger partial charge in [-0.05, 0) is 53.8 Å². The third-order valence-electron chi connectivity index (χ3n) is 5.08. The van der Waals surface area contributed by atoms with Gasteiger partial charge in [0.25, 0.3) is 11.8 Å². The van der Waals surface area contributed by atoms with Gasteiger partial charge in [0.05, 0.1) is 17.8 Å². The first-order valence-corrected chi connectivity index (χ1v) is 10.6. The molecule has 6 nitrogen and oxygen atoms in total. The Morgan fingerprint density at radius 1 is 0.938 bits per heavy atom. The van der Waals surface area contributed by atoms with Crippen LogP contribution in [0.5, 0.6) is 5.75 Å². The number of aromatic nitrogens is 1. The molecule has 2 aromatic carbocycles. The van der Waals surface area contributed by atoms with Gasteiger partial charge in [-0.15, -0.1) is 0 Å². The van der Waals surface area contributed by atoms with Crippen molar-refractivity contribution in [3.05, 3.63) is 89.2 Å². The maximum Gasteiger partial charge on any atom is 0.255 e. The van der Waals surface area contributed by atoms with Gasteiger partial charge in [-0.2, -0.15) is 0 Å². The van der Waals surface area contributed by atoms with Gasteiger partial charge in [-0.25, -0.2) is 0 Å². The van der Waals surface area contributed by atoms with E-state index in [1.54, 1.807) is 36.7 Å². The summed E-state index contributed by atoms with van der Waals surface area (Å²) in [6, 6.07) is 16.6. The van der Waals surface area contributed by atoms with Crippen molar-refractivity contribution in [2.45, 2.75) is 33.1 Å². The van der Waals surface area contributed by atoms with Crippen LogP contribution in [-0.4, -0.2) is 29.9 Å². The Morgan fingerprint density at radius 2 is 1.62 bits per heavy atom. The van der Waals surface area contributed by atoms with Crippen molar-refractivity contribution < 1.29 is 14.3 Å². The van der Waals surface area contributed by atoms with Crippen LogP contribution in [0.2, 0.25) is 0 Å². The minimum absolute atomic E-state index is 0.0881. The van der Waals surface area contributed by atoms with Crippen LogP contribution < -0.4 is 15.4 Å². The number of carbonyl (C=O) groups is 2. The lowest BCUT2D eigenvalue weighted by Gasteiger charge is -2.19. The van der Waals surface area contributed by atoms with Gasteiger partial charge >= 0.3 is 0 Å². The van der Waals surface area contributed by atoms with E-state index in [1.807, 2.05) is 25.1 Å². The number of benzene rings is 2. The molecule has 166 valence electrons. The number of pyridine rings is 1. The molecule has 6 heteroatoms. The Labute approximate surface area is 189 Å². The number of anilines is 1. The molecule has 1 heterocycles. The first-order valence-electron chi connectivity index (χ1n) is 10.6. The van der Waals surface area contributed by atoms with Crippen molar-refractivity contribution in [2.24, 2.45) is 0 Å². The zero-order valence-corrected chi connectivity index (χ0v) is 18.9. The van der Waals surface area contributed by atoms with E-state index in [2.05, 4.69) is 48.5 Å². The predicted octanol–water partition coefficient (Wildman–Crippen LogP) is 4.75. The van der Waals surface area contributed by atoms with E-state index in [0.717, 1.165) is 11.3 Å². The molecule has 0 bridgehead atoms. The Kier molecular flexibility index (Phi) is 7.25. The zero-order chi connectivity index (χ0) is 23.1. The van der Waals surface area contributed by atoms with E-state index in [-0.39, 0.29) is 17.2 Å². The van der Waals surface area contributed by atoms with E-state index in [1.165, 1.54) is 5.56 Å². The largest absolute Gasteiger partial charge is 0.492 e. The number of nitrogens with one attached hydrogen (secondary N) is 2. The number of aryl methyl sites for hydroxylation is 1. The number of hydrogen-bond donors (Lipinski definition) is 2. The van der Waals surface area contributed by atoms with Gasteiger partial charge in [-0.1, -0.05) is 45.0 Å². The second-order valence-corrected chi connectivity index (χ2v) is 8.57. The van der Waals surface area contributed by atoms with E-state index in [4.69, 9.17) is 4.74 Å². The van der Waals surface area contributed by atoms with Gasteiger partial charge in [-0.3, -0.25) is 14.6 Å². The van der Waals surface area contributed by atoms with Crippen LogP contribution in [0.4, 0.5) is 5.69 Å². The van der Waals surface area contributed by atoms with Gasteiger partial charge in [0, 0.05) is 18.0 Å². The summed E-state index contributed by atoms with van der Waals surface area (Å²) in [5.74, 6) is 0.191. The molecule has 2 amide bonds. The summed E-state index contributed by atoms with van der Waals surface area (Å²) in [6.07, 6.45) is 3.11. The summed E-state index contributed by atoms with van der Waals surface area (Å²) in [7, 11) is 0. The maximum absolute atomic E-state index is 12.8. The zero-order valence-electron chi connectivity index (χ0n) is 18.9. The van der Waals surface area contributed by atoms with E-state index in [9.17, 15) is 9.59 Å². The summed E-state index contributed by atoms with van der Waals surface area (Å²) in [6.45, 7) is 9.02. The lowest BCUT2D eigenvalue weighted by atomic mass is 9.87. The lowest BCUT2D eigenvalue weighted by molar-refractivity contribution is 0.0948. The highest BCUT2D eigenvalue weighted by atomic mass is 16.5. The number of nitrogens with zero attached hydrogens (tertiary/aromatic N) is 1. The van der Waals surface area contributed by atoms with Crippen molar-refractivity contribution in [3.8, 4) is 5.75 Å². The Morgan fingerprint density at radius 3 is 2.28 bits per heavy atom. The molecule has 0 saturated heterocycles. The van der Waals surface area contributed by atoms with Gasteiger partial charge in [0.2, 0.25) is 0 Å². The van der Waals surface area contributed by atoms with Crippen LogP contribution in [0.3, 0.4) is 0 Å². The molecule has 1 aromatic heterocycles. The first-order chi connectivity index (χ1) is 15.3. The summed E-state index contributed by atoms with van der Waals surface area (Å²) in [5, 5.41) is 5.71.